The highest BCUT2D eigenvalue weighted by molar-refractivity contribution is 6.21. The number of imide groups is 1. The van der Waals surface area contributed by atoms with Crippen molar-refractivity contribution in [3.8, 4) is 0 Å². The van der Waals surface area contributed by atoms with E-state index in [9.17, 15) is 14.0 Å². The smallest absolute Gasteiger partial charge is 0.261 e. The van der Waals surface area contributed by atoms with Crippen molar-refractivity contribution >= 4 is 17.6 Å². The van der Waals surface area contributed by atoms with Crippen molar-refractivity contribution in [2.24, 2.45) is 0 Å². The Bertz CT molecular complexity index is 846. The first-order chi connectivity index (χ1) is 14.6. The van der Waals surface area contributed by atoms with Crippen LogP contribution < -0.4 is 4.90 Å². The topological polar surface area (TPSA) is 56.8 Å². The van der Waals surface area contributed by atoms with Crippen LogP contribution in [-0.2, 0) is 0 Å². The maximum absolute atomic E-state index is 13.3. The van der Waals surface area contributed by atoms with Crippen molar-refractivity contribution in [2.45, 2.75) is 26.7 Å². The Morgan fingerprint density at radius 3 is 2.03 bits per heavy atom. The van der Waals surface area contributed by atoms with E-state index in [1.165, 1.54) is 11.0 Å². The number of aromatic nitrogens is 1. The first-order valence-corrected chi connectivity index (χ1v) is 10.7. The number of benzene rings is 1. The molecule has 0 N–H and O–H groups in total. The van der Waals surface area contributed by atoms with Gasteiger partial charge in [-0.2, -0.15) is 4.39 Å². The van der Waals surface area contributed by atoms with E-state index in [4.69, 9.17) is 0 Å². The molecule has 2 aliphatic rings. The van der Waals surface area contributed by atoms with Crippen LogP contribution in [0.3, 0.4) is 0 Å². The number of anilines is 1. The molecule has 1 aromatic heterocycles. The Balaban J connectivity index is 0.00000124. The number of hydrogen-bond acceptors (Lipinski definition) is 5. The fourth-order valence-electron chi connectivity index (χ4n) is 3.82. The normalized spacial score (nSPS) is 16.4. The van der Waals surface area contributed by atoms with Crippen LogP contribution in [0, 0.1) is 5.95 Å². The van der Waals surface area contributed by atoms with E-state index in [2.05, 4.69) is 14.8 Å². The minimum Gasteiger partial charge on any atom is -0.354 e. The third-order valence-electron chi connectivity index (χ3n) is 5.38. The van der Waals surface area contributed by atoms with Crippen LogP contribution in [0.25, 0.3) is 0 Å². The van der Waals surface area contributed by atoms with Gasteiger partial charge >= 0.3 is 0 Å². The molecule has 2 aromatic rings. The number of piperazine rings is 1. The summed E-state index contributed by atoms with van der Waals surface area (Å²) in [4.78, 5) is 34.5. The number of fused-ring (bicyclic) bond motifs is 1. The van der Waals surface area contributed by atoms with Gasteiger partial charge in [0, 0.05) is 32.7 Å². The maximum atomic E-state index is 13.3. The summed E-state index contributed by atoms with van der Waals surface area (Å²) >= 11 is 0. The zero-order chi connectivity index (χ0) is 21.5. The van der Waals surface area contributed by atoms with E-state index in [-0.39, 0.29) is 11.8 Å². The lowest BCUT2D eigenvalue weighted by atomic mass is 10.1. The lowest BCUT2D eigenvalue weighted by Gasteiger charge is -2.35. The van der Waals surface area contributed by atoms with Crippen LogP contribution in [0.5, 0.6) is 0 Å². The summed E-state index contributed by atoms with van der Waals surface area (Å²) in [6.45, 7) is 8.80. The molecule has 30 heavy (non-hydrogen) atoms. The van der Waals surface area contributed by atoms with Crippen molar-refractivity contribution in [1.82, 2.24) is 14.8 Å². The molecule has 0 saturated carbocycles. The van der Waals surface area contributed by atoms with Crippen molar-refractivity contribution in [2.75, 3.05) is 44.2 Å². The highest BCUT2D eigenvalue weighted by atomic mass is 19.1. The molecular weight excluding hydrogens is 383 g/mol. The molecule has 0 unspecified atom stereocenters. The summed E-state index contributed by atoms with van der Waals surface area (Å²) in [5, 5.41) is 0. The van der Waals surface area contributed by atoms with Crippen molar-refractivity contribution in [3.05, 3.63) is 59.5 Å². The summed E-state index contributed by atoms with van der Waals surface area (Å²) < 4.78 is 13.3. The first kappa shape index (κ1) is 21.9. The number of carbonyl (C=O) groups excluding carboxylic acids is 2. The lowest BCUT2D eigenvalue weighted by molar-refractivity contribution is 0.0650. The minimum atomic E-state index is -0.451. The molecule has 1 fully saturated rings. The van der Waals surface area contributed by atoms with Crippen LogP contribution in [-0.4, -0.2) is 65.9 Å². The Morgan fingerprint density at radius 2 is 1.43 bits per heavy atom. The Labute approximate surface area is 177 Å². The second-order valence-electron chi connectivity index (χ2n) is 7.16. The molecule has 2 aliphatic heterocycles. The van der Waals surface area contributed by atoms with Gasteiger partial charge in [-0.1, -0.05) is 32.0 Å². The quantitative estimate of drug-likeness (QED) is 0.413. The number of halogens is 1. The van der Waals surface area contributed by atoms with Gasteiger partial charge in [0.05, 0.1) is 11.1 Å². The molecule has 0 atom stereocenters. The summed E-state index contributed by atoms with van der Waals surface area (Å²) in [5.41, 5.74) is 1.02. The van der Waals surface area contributed by atoms with E-state index in [1.807, 2.05) is 19.9 Å². The third kappa shape index (κ3) is 4.84. The molecule has 0 radical (unpaired) electrons. The Kier molecular flexibility index (Phi) is 7.52. The molecule has 1 aromatic carbocycles. The van der Waals surface area contributed by atoms with E-state index < -0.39 is 5.95 Å². The third-order valence-corrected chi connectivity index (χ3v) is 5.38. The molecule has 0 bridgehead atoms. The monoisotopic (exact) mass is 412 g/mol. The lowest BCUT2D eigenvalue weighted by Crippen LogP contribution is -2.47. The molecule has 0 spiro atoms. The summed E-state index contributed by atoms with van der Waals surface area (Å²) in [6.07, 6.45) is 1.71. The van der Waals surface area contributed by atoms with Crippen molar-refractivity contribution in [3.63, 3.8) is 0 Å². The molecule has 4 rings (SSSR count). The first-order valence-electron chi connectivity index (χ1n) is 10.7. The van der Waals surface area contributed by atoms with Gasteiger partial charge in [-0.05, 0) is 43.7 Å². The van der Waals surface area contributed by atoms with Crippen molar-refractivity contribution in [1.29, 1.82) is 0 Å². The van der Waals surface area contributed by atoms with Crippen LogP contribution in [0.1, 0.15) is 47.4 Å². The number of amides is 2. The number of hydrogen-bond donors (Lipinski definition) is 0. The van der Waals surface area contributed by atoms with Gasteiger partial charge in [-0.3, -0.25) is 19.4 Å². The average Bonchev–Trinajstić information content (AvgIpc) is 3.03. The summed E-state index contributed by atoms with van der Waals surface area (Å²) in [5.74, 6) is -0.132. The fourth-order valence-corrected chi connectivity index (χ4v) is 3.82. The number of nitrogens with zero attached hydrogens (tertiary/aromatic N) is 4. The number of unbranched alkanes of at least 4 members (excludes halogenated alkanes) is 1. The number of carbonyl (C=O) groups is 2. The van der Waals surface area contributed by atoms with Crippen LogP contribution in [0.4, 0.5) is 10.2 Å². The van der Waals surface area contributed by atoms with Crippen LogP contribution >= 0.6 is 0 Å². The maximum Gasteiger partial charge on any atom is 0.261 e. The van der Waals surface area contributed by atoms with Crippen molar-refractivity contribution < 1.29 is 14.0 Å². The standard InChI is InChI=1S/C21H23FN4O2.C2H6/c22-18-8-5-9-19(23-18)25-14-12-24(13-15-25)10-3-4-11-26-20(27)16-6-1-2-7-17(16)21(26)28;1-2/h1-2,5-9H,3-4,10-15H2;1-2H3. The highest BCUT2D eigenvalue weighted by Gasteiger charge is 2.34. The van der Waals surface area contributed by atoms with E-state index in [0.29, 0.717) is 23.5 Å². The van der Waals surface area contributed by atoms with Gasteiger partial charge in [0.15, 0.2) is 0 Å². The van der Waals surface area contributed by atoms with Crippen LogP contribution in [0.2, 0.25) is 0 Å². The molecule has 6 nitrogen and oxygen atoms in total. The highest BCUT2D eigenvalue weighted by Crippen LogP contribution is 2.22. The summed E-state index contributed by atoms with van der Waals surface area (Å²) in [6, 6.07) is 11.9. The molecule has 160 valence electrons. The molecular formula is C23H29FN4O2. The Morgan fingerprint density at radius 1 is 0.833 bits per heavy atom. The van der Waals surface area contributed by atoms with E-state index in [0.717, 1.165) is 45.6 Å². The zero-order valence-electron chi connectivity index (χ0n) is 17.7. The second kappa shape index (κ2) is 10.3. The second-order valence-corrected chi connectivity index (χ2v) is 7.16. The van der Waals surface area contributed by atoms with Crippen LogP contribution in [0.15, 0.2) is 42.5 Å². The van der Waals surface area contributed by atoms with E-state index >= 15 is 0 Å². The molecule has 2 amide bonds. The predicted molar refractivity (Wildman–Crippen MR) is 115 cm³/mol. The predicted octanol–water partition coefficient (Wildman–Crippen LogP) is 3.45. The molecule has 7 heteroatoms. The Hall–Kier alpha value is -2.80. The minimum absolute atomic E-state index is 0.184. The number of rotatable bonds is 6. The van der Waals surface area contributed by atoms with Gasteiger partial charge in [0.1, 0.15) is 5.82 Å². The van der Waals surface area contributed by atoms with Gasteiger partial charge in [-0.25, -0.2) is 4.98 Å². The van der Waals surface area contributed by atoms with Gasteiger partial charge in [0.25, 0.3) is 11.8 Å². The SMILES string of the molecule is CC.O=C1c2ccccc2C(=O)N1CCCCN1CCN(c2cccc(F)n2)CC1. The summed E-state index contributed by atoms with van der Waals surface area (Å²) in [7, 11) is 0. The fraction of sp³-hybridized carbons (Fsp3) is 0.435. The number of pyridine rings is 1. The zero-order valence-corrected chi connectivity index (χ0v) is 17.7. The average molecular weight is 413 g/mol. The molecule has 1 saturated heterocycles. The van der Waals surface area contributed by atoms with E-state index in [1.54, 1.807) is 30.3 Å². The molecule has 0 aliphatic carbocycles. The van der Waals surface area contributed by atoms with Gasteiger partial charge in [-0.15, -0.1) is 0 Å². The van der Waals surface area contributed by atoms with Gasteiger partial charge in [0.2, 0.25) is 5.95 Å². The van der Waals surface area contributed by atoms with Gasteiger partial charge < -0.3 is 4.90 Å². The largest absolute Gasteiger partial charge is 0.354 e. The molecule has 3 heterocycles.